The molecule has 40 heavy (non-hydrogen) atoms. The molecule has 0 amide bonds. The van der Waals surface area contributed by atoms with Gasteiger partial charge in [-0.3, -0.25) is 4.98 Å². The highest BCUT2D eigenvalue weighted by Crippen LogP contribution is 2.40. The molecule has 3 heteroatoms. The molecule has 0 unspecified atom stereocenters. The molecule has 0 radical (unpaired) electrons. The Morgan fingerprint density at radius 2 is 1.05 bits per heavy atom. The van der Waals surface area contributed by atoms with Crippen molar-refractivity contribution in [2.24, 2.45) is 0 Å². The highest BCUT2D eigenvalue weighted by molar-refractivity contribution is 6.25. The van der Waals surface area contributed by atoms with Gasteiger partial charge in [-0.25, -0.2) is 9.97 Å². The molecule has 0 aliphatic heterocycles. The van der Waals surface area contributed by atoms with Gasteiger partial charge in [0.1, 0.15) is 0 Å². The van der Waals surface area contributed by atoms with Crippen molar-refractivity contribution >= 4 is 32.3 Å². The number of pyridine rings is 1. The van der Waals surface area contributed by atoms with Crippen molar-refractivity contribution in [1.82, 2.24) is 15.0 Å². The molecule has 0 N–H and O–H groups in total. The summed E-state index contributed by atoms with van der Waals surface area (Å²) >= 11 is 0. The van der Waals surface area contributed by atoms with Crippen LogP contribution in [0.3, 0.4) is 0 Å². The molecular formula is C37H23N3. The van der Waals surface area contributed by atoms with Crippen molar-refractivity contribution in [2.75, 3.05) is 0 Å². The number of nitrogens with zero attached hydrogens (tertiary/aromatic N) is 3. The Bertz CT molecular complexity index is 2140. The Hall–Kier alpha value is -5.41. The van der Waals surface area contributed by atoms with E-state index in [2.05, 4.69) is 102 Å². The van der Waals surface area contributed by atoms with Gasteiger partial charge in [-0.05, 0) is 67.7 Å². The first-order valence-electron chi connectivity index (χ1n) is 13.4. The lowest BCUT2D eigenvalue weighted by Gasteiger charge is -2.15. The predicted octanol–water partition coefficient (Wildman–Crippen LogP) is 9.44. The second kappa shape index (κ2) is 9.11. The highest BCUT2D eigenvalue weighted by Gasteiger charge is 2.16. The summed E-state index contributed by atoms with van der Waals surface area (Å²) in [6, 6.07) is 44.8. The monoisotopic (exact) mass is 509 g/mol. The summed E-state index contributed by atoms with van der Waals surface area (Å²) in [6.45, 7) is 0. The molecule has 0 saturated heterocycles. The van der Waals surface area contributed by atoms with Crippen LogP contribution >= 0.6 is 0 Å². The van der Waals surface area contributed by atoms with E-state index in [1.165, 1.54) is 32.3 Å². The molecular weight excluding hydrogens is 486 g/mol. The summed E-state index contributed by atoms with van der Waals surface area (Å²) < 4.78 is 0. The van der Waals surface area contributed by atoms with Gasteiger partial charge in [0.05, 0.1) is 11.4 Å². The maximum atomic E-state index is 5.14. The van der Waals surface area contributed by atoms with Crippen molar-refractivity contribution in [2.45, 2.75) is 0 Å². The minimum atomic E-state index is 0.716. The molecule has 8 rings (SSSR count). The van der Waals surface area contributed by atoms with Gasteiger partial charge in [0, 0.05) is 29.1 Å². The topological polar surface area (TPSA) is 38.7 Å². The van der Waals surface area contributed by atoms with Crippen LogP contribution in [0.2, 0.25) is 0 Å². The van der Waals surface area contributed by atoms with Crippen LogP contribution in [0.1, 0.15) is 0 Å². The second-order valence-electron chi connectivity index (χ2n) is 10.1. The van der Waals surface area contributed by atoms with Gasteiger partial charge in [0.2, 0.25) is 0 Å². The molecule has 0 aliphatic rings. The quantitative estimate of drug-likeness (QED) is 0.222. The normalized spacial score (nSPS) is 11.5. The first kappa shape index (κ1) is 22.6. The molecule has 0 atom stereocenters. The Kier molecular flexibility index (Phi) is 5.14. The Morgan fingerprint density at radius 1 is 0.400 bits per heavy atom. The van der Waals surface area contributed by atoms with E-state index >= 15 is 0 Å². The summed E-state index contributed by atoms with van der Waals surface area (Å²) in [4.78, 5) is 14.4. The minimum absolute atomic E-state index is 0.716. The van der Waals surface area contributed by atoms with Crippen LogP contribution in [0, 0.1) is 0 Å². The fraction of sp³-hybridized carbons (Fsp3) is 0. The third-order valence-electron chi connectivity index (χ3n) is 7.73. The lowest BCUT2D eigenvalue weighted by molar-refractivity contribution is 1.18. The summed E-state index contributed by atoms with van der Waals surface area (Å²) in [6.07, 6.45) is 3.65. The molecule has 6 aromatic carbocycles. The first-order valence-corrected chi connectivity index (χ1v) is 13.4. The molecule has 3 nitrogen and oxygen atoms in total. The van der Waals surface area contributed by atoms with Crippen molar-refractivity contribution in [3.05, 3.63) is 140 Å². The van der Waals surface area contributed by atoms with Crippen LogP contribution in [-0.4, -0.2) is 15.0 Å². The highest BCUT2D eigenvalue weighted by atomic mass is 14.9. The van der Waals surface area contributed by atoms with Gasteiger partial charge < -0.3 is 0 Å². The van der Waals surface area contributed by atoms with E-state index in [0.717, 1.165) is 39.2 Å². The van der Waals surface area contributed by atoms with Crippen LogP contribution in [0.25, 0.3) is 77.3 Å². The zero-order chi connectivity index (χ0) is 26.5. The third kappa shape index (κ3) is 3.71. The van der Waals surface area contributed by atoms with Crippen molar-refractivity contribution in [3.8, 4) is 45.0 Å². The lowest BCUT2D eigenvalue weighted by atomic mass is 9.91. The molecule has 0 aliphatic carbocycles. The van der Waals surface area contributed by atoms with Gasteiger partial charge in [-0.2, -0.15) is 0 Å². The van der Waals surface area contributed by atoms with Gasteiger partial charge in [0.25, 0.3) is 0 Å². The maximum absolute atomic E-state index is 5.14. The average Bonchev–Trinajstić information content (AvgIpc) is 3.04. The predicted molar refractivity (Wildman–Crippen MR) is 165 cm³/mol. The van der Waals surface area contributed by atoms with E-state index in [-0.39, 0.29) is 0 Å². The van der Waals surface area contributed by atoms with Crippen LogP contribution in [0.15, 0.2) is 140 Å². The Labute approximate surface area is 231 Å². The lowest BCUT2D eigenvalue weighted by Crippen LogP contribution is -1.97. The molecule has 2 aromatic heterocycles. The van der Waals surface area contributed by atoms with Crippen LogP contribution < -0.4 is 0 Å². The molecule has 0 fully saturated rings. The van der Waals surface area contributed by atoms with E-state index in [0.29, 0.717) is 5.82 Å². The number of aromatic nitrogens is 3. The fourth-order valence-corrected chi connectivity index (χ4v) is 5.81. The van der Waals surface area contributed by atoms with Gasteiger partial charge in [-0.15, -0.1) is 0 Å². The Balaban J connectivity index is 1.38. The third-order valence-corrected chi connectivity index (χ3v) is 7.73. The van der Waals surface area contributed by atoms with E-state index in [9.17, 15) is 0 Å². The second-order valence-corrected chi connectivity index (χ2v) is 10.1. The van der Waals surface area contributed by atoms with Crippen LogP contribution in [-0.2, 0) is 0 Å². The molecule has 0 saturated carbocycles. The number of hydrogen-bond acceptors (Lipinski definition) is 3. The smallest absolute Gasteiger partial charge is 0.160 e. The maximum Gasteiger partial charge on any atom is 0.160 e. The summed E-state index contributed by atoms with van der Waals surface area (Å²) in [5.74, 6) is 0.716. The largest absolute Gasteiger partial charge is 0.265 e. The summed E-state index contributed by atoms with van der Waals surface area (Å²) in [5, 5.41) is 7.56. The number of hydrogen-bond donors (Lipinski definition) is 0. The van der Waals surface area contributed by atoms with Gasteiger partial charge in [-0.1, -0.05) is 103 Å². The van der Waals surface area contributed by atoms with E-state index in [1.807, 2.05) is 42.7 Å². The molecule has 0 bridgehead atoms. The Morgan fingerprint density at radius 3 is 1.88 bits per heavy atom. The van der Waals surface area contributed by atoms with E-state index < -0.39 is 0 Å². The van der Waals surface area contributed by atoms with E-state index in [4.69, 9.17) is 9.97 Å². The van der Waals surface area contributed by atoms with Crippen molar-refractivity contribution in [3.63, 3.8) is 0 Å². The van der Waals surface area contributed by atoms with Gasteiger partial charge in [0.15, 0.2) is 5.82 Å². The average molecular weight is 510 g/mol. The summed E-state index contributed by atoms with van der Waals surface area (Å²) in [7, 11) is 0. The zero-order valence-electron chi connectivity index (χ0n) is 21.6. The molecule has 2 heterocycles. The first-order chi connectivity index (χ1) is 19.8. The zero-order valence-corrected chi connectivity index (χ0v) is 21.6. The summed E-state index contributed by atoms with van der Waals surface area (Å²) in [5.41, 5.74) is 7.21. The molecule has 8 aromatic rings. The van der Waals surface area contributed by atoms with Gasteiger partial charge >= 0.3 is 0 Å². The van der Waals surface area contributed by atoms with Crippen LogP contribution in [0.4, 0.5) is 0 Å². The number of benzene rings is 6. The van der Waals surface area contributed by atoms with Crippen molar-refractivity contribution in [1.29, 1.82) is 0 Å². The SMILES string of the molecule is c1ccc(-c2nc(-c3cccc(-c4ccncc4)c3)cc(-c3ccc4ccc5cccc6ccc3c4c56)n2)cc1. The fourth-order valence-electron chi connectivity index (χ4n) is 5.81. The van der Waals surface area contributed by atoms with Crippen molar-refractivity contribution < 1.29 is 0 Å². The molecule has 186 valence electrons. The number of rotatable bonds is 4. The standard InChI is InChI=1S/C37H23N3/c1-2-6-28(7-3-1)37-39-33(30-11-5-10-29(22-30)24-18-20-38-21-19-24)23-34(40-37)31-16-14-27-13-12-25-8-4-9-26-15-17-32(31)36(27)35(25)26/h1-23H. The van der Waals surface area contributed by atoms with Crippen LogP contribution in [0.5, 0.6) is 0 Å². The minimum Gasteiger partial charge on any atom is -0.265 e. The molecule has 0 spiro atoms. The van der Waals surface area contributed by atoms with E-state index in [1.54, 1.807) is 0 Å².